The average molecular weight is 394 g/mol. The van der Waals surface area contributed by atoms with Gasteiger partial charge in [-0.2, -0.15) is 0 Å². The SMILES string of the molecule is COc1cccc(C(c2ccc(C(=O)N(C)C)cc2)N2CCC3CCC(C2)N3)c1. The molecule has 5 heteroatoms. The van der Waals surface area contributed by atoms with Crippen LogP contribution in [0, 0.1) is 0 Å². The van der Waals surface area contributed by atoms with Gasteiger partial charge in [-0.15, -0.1) is 0 Å². The van der Waals surface area contributed by atoms with Gasteiger partial charge >= 0.3 is 0 Å². The Hall–Kier alpha value is -2.37. The molecule has 3 unspecified atom stereocenters. The molecule has 4 rings (SSSR count). The van der Waals surface area contributed by atoms with Crippen molar-refractivity contribution in [2.75, 3.05) is 34.3 Å². The van der Waals surface area contributed by atoms with E-state index in [0.29, 0.717) is 12.1 Å². The van der Waals surface area contributed by atoms with Gasteiger partial charge in [0.25, 0.3) is 5.91 Å². The molecule has 1 N–H and O–H groups in total. The Kier molecular flexibility index (Phi) is 5.88. The van der Waals surface area contributed by atoms with Gasteiger partial charge in [0, 0.05) is 44.8 Å². The standard InChI is InChI=1S/C24H31N3O2/c1-26(2)24(28)18-9-7-17(8-10-18)23(19-5-4-6-22(15-19)29-3)27-14-13-20-11-12-21(16-27)25-20/h4-10,15,20-21,23,25H,11-14,16H2,1-3H3. The number of amides is 1. The van der Waals surface area contributed by atoms with E-state index < -0.39 is 0 Å². The van der Waals surface area contributed by atoms with Crippen LogP contribution in [0.5, 0.6) is 5.75 Å². The molecular weight excluding hydrogens is 362 g/mol. The van der Waals surface area contributed by atoms with Crippen LogP contribution in [0.25, 0.3) is 0 Å². The van der Waals surface area contributed by atoms with Crippen molar-refractivity contribution < 1.29 is 9.53 Å². The molecule has 2 heterocycles. The highest BCUT2D eigenvalue weighted by Crippen LogP contribution is 2.34. The number of rotatable bonds is 5. The molecule has 5 nitrogen and oxygen atoms in total. The van der Waals surface area contributed by atoms with Gasteiger partial charge in [-0.05, 0) is 54.7 Å². The van der Waals surface area contributed by atoms with Crippen LogP contribution in [-0.4, -0.2) is 62.1 Å². The van der Waals surface area contributed by atoms with Gasteiger partial charge in [-0.25, -0.2) is 0 Å². The first-order valence-electron chi connectivity index (χ1n) is 10.5. The number of fused-ring (bicyclic) bond motifs is 2. The summed E-state index contributed by atoms with van der Waals surface area (Å²) in [6.07, 6.45) is 3.72. The second-order valence-corrected chi connectivity index (χ2v) is 8.42. The monoisotopic (exact) mass is 393 g/mol. The van der Waals surface area contributed by atoms with E-state index in [1.165, 1.54) is 30.4 Å². The van der Waals surface area contributed by atoms with Gasteiger partial charge in [-0.1, -0.05) is 24.3 Å². The van der Waals surface area contributed by atoms with Gasteiger partial charge in [0.05, 0.1) is 13.2 Å². The van der Waals surface area contributed by atoms with E-state index in [-0.39, 0.29) is 11.9 Å². The first-order valence-corrected chi connectivity index (χ1v) is 10.5. The van der Waals surface area contributed by atoms with Crippen molar-refractivity contribution in [3.8, 4) is 5.75 Å². The molecule has 2 aromatic carbocycles. The van der Waals surface area contributed by atoms with E-state index in [2.05, 4.69) is 40.5 Å². The molecule has 2 aromatic rings. The summed E-state index contributed by atoms with van der Waals surface area (Å²) in [5.74, 6) is 0.909. The summed E-state index contributed by atoms with van der Waals surface area (Å²) in [5.41, 5.74) is 3.17. The van der Waals surface area contributed by atoms with Crippen LogP contribution in [0.1, 0.15) is 46.8 Å². The summed E-state index contributed by atoms with van der Waals surface area (Å²) in [7, 11) is 5.29. The number of nitrogens with one attached hydrogen (secondary N) is 1. The fourth-order valence-electron chi connectivity index (χ4n) is 4.70. The number of nitrogens with zero attached hydrogens (tertiary/aromatic N) is 2. The molecule has 0 spiro atoms. The van der Waals surface area contributed by atoms with E-state index in [9.17, 15) is 4.79 Å². The van der Waals surface area contributed by atoms with E-state index in [1.807, 2.05) is 18.2 Å². The summed E-state index contributed by atoms with van der Waals surface area (Å²) < 4.78 is 5.50. The zero-order valence-electron chi connectivity index (χ0n) is 17.6. The lowest BCUT2D eigenvalue weighted by molar-refractivity contribution is 0.0827. The highest BCUT2D eigenvalue weighted by Gasteiger charge is 2.33. The van der Waals surface area contributed by atoms with Crippen LogP contribution in [-0.2, 0) is 0 Å². The van der Waals surface area contributed by atoms with Crippen LogP contribution in [0.2, 0.25) is 0 Å². The van der Waals surface area contributed by atoms with Crippen molar-refractivity contribution in [3.05, 3.63) is 65.2 Å². The van der Waals surface area contributed by atoms with Crippen LogP contribution < -0.4 is 10.1 Å². The first-order chi connectivity index (χ1) is 14.0. The summed E-state index contributed by atoms with van der Waals surface area (Å²) >= 11 is 0. The first kappa shape index (κ1) is 19.9. The Morgan fingerprint density at radius 3 is 2.55 bits per heavy atom. The van der Waals surface area contributed by atoms with Crippen molar-refractivity contribution in [2.45, 2.75) is 37.4 Å². The van der Waals surface area contributed by atoms with E-state index in [4.69, 9.17) is 4.74 Å². The van der Waals surface area contributed by atoms with E-state index in [0.717, 1.165) is 24.4 Å². The minimum absolute atomic E-state index is 0.0331. The van der Waals surface area contributed by atoms with Gasteiger partial charge < -0.3 is 15.0 Å². The van der Waals surface area contributed by atoms with Gasteiger partial charge in [0.1, 0.15) is 5.75 Å². The van der Waals surface area contributed by atoms with Crippen molar-refractivity contribution in [1.82, 2.24) is 15.1 Å². The molecule has 0 aliphatic carbocycles. The van der Waals surface area contributed by atoms with Crippen molar-refractivity contribution in [1.29, 1.82) is 0 Å². The van der Waals surface area contributed by atoms with Crippen molar-refractivity contribution in [3.63, 3.8) is 0 Å². The molecule has 2 saturated heterocycles. The van der Waals surface area contributed by atoms with Crippen LogP contribution >= 0.6 is 0 Å². The van der Waals surface area contributed by atoms with Crippen LogP contribution in [0.4, 0.5) is 0 Å². The highest BCUT2D eigenvalue weighted by atomic mass is 16.5. The fraction of sp³-hybridized carbons (Fsp3) is 0.458. The Morgan fingerprint density at radius 1 is 1.07 bits per heavy atom. The topological polar surface area (TPSA) is 44.8 Å². The molecule has 2 fully saturated rings. The second kappa shape index (κ2) is 8.56. The number of methoxy groups -OCH3 is 1. The third-order valence-corrected chi connectivity index (χ3v) is 6.21. The summed E-state index contributed by atoms with van der Waals surface area (Å²) in [5, 5.41) is 3.78. The third-order valence-electron chi connectivity index (χ3n) is 6.21. The summed E-state index contributed by atoms with van der Waals surface area (Å²) in [6.45, 7) is 2.10. The molecule has 29 heavy (non-hydrogen) atoms. The van der Waals surface area contributed by atoms with Crippen molar-refractivity contribution >= 4 is 5.91 Å². The average Bonchev–Trinajstić information content (AvgIpc) is 3.08. The Balaban J connectivity index is 1.69. The van der Waals surface area contributed by atoms with Crippen molar-refractivity contribution in [2.24, 2.45) is 0 Å². The number of carbonyl (C=O) groups is 1. The summed E-state index contributed by atoms with van der Waals surface area (Å²) in [6, 6.07) is 17.9. The molecule has 0 radical (unpaired) electrons. The van der Waals surface area contributed by atoms with Gasteiger partial charge in [-0.3, -0.25) is 9.69 Å². The lowest BCUT2D eigenvalue weighted by atomic mass is 9.94. The number of hydrogen-bond donors (Lipinski definition) is 1. The minimum Gasteiger partial charge on any atom is -0.497 e. The molecule has 0 saturated carbocycles. The largest absolute Gasteiger partial charge is 0.497 e. The molecule has 0 aromatic heterocycles. The number of hydrogen-bond acceptors (Lipinski definition) is 4. The van der Waals surface area contributed by atoms with Crippen LogP contribution in [0.3, 0.4) is 0 Å². The molecule has 2 bridgehead atoms. The normalized spacial score (nSPS) is 22.7. The maximum absolute atomic E-state index is 12.3. The fourth-order valence-corrected chi connectivity index (χ4v) is 4.70. The quantitative estimate of drug-likeness (QED) is 0.847. The Morgan fingerprint density at radius 2 is 1.83 bits per heavy atom. The molecule has 2 aliphatic rings. The maximum atomic E-state index is 12.3. The number of benzene rings is 2. The lowest BCUT2D eigenvalue weighted by Gasteiger charge is -2.34. The molecule has 154 valence electrons. The number of ether oxygens (including phenoxy) is 1. The second-order valence-electron chi connectivity index (χ2n) is 8.42. The third kappa shape index (κ3) is 4.31. The Bertz CT molecular complexity index is 849. The van der Waals surface area contributed by atoms with E-state index in [1.54, 1.807) is 26.1 Å². The zero-order chi connectivity index (χ0) is 20.4. The highest BCUT2D eigenvalue weighted by molar-refractivity contribution is 5.93. The number of likely N-dealkylation sites (tertiary alicyclic amines) is 1. The zero-order valence-corrected chi connectivity index (χ0v) is 17.6. The molecule has 3 atom stereocenters. The minimum atomic E-state index is 0.0331. The maximum Gasteiger partial charge on any atom is 0.253 e. The smallest absolute Gasteiger partial charge is 0.253 e. The molecular formula is C24H31N3O2. The predicted octanol–water partition coefficient (Wildman–Crippen LogP) is 3.31. The molecule has 1 amide bonds. The van der Waals surface area contributed by atoms with Crippen LogP contribution in [0.15, 0.2) is 48.5 Å². The lowest BCUT2D eigenvalue weighted by Crippen LogP contribution is -2.38. The number of carbonyl (C=O) groups excluding carboxylic acids is 1. The van der Waals surface area contributed by atoms with Gasteiger partial charge in [0.2, 0.25) is 0 Å². The Labute approximate surface area is 173 Å². The predicted molar refractivity (Wildman–Crippen MR) is 115 cm³/mol. The molecule has 2 aliphatic heterocycles. The summed E-state index contributed by atoms with van der Waals surface area (Å²) in [4.78, 5) is 16.5. The van der Waals surface area contributed by atoms with E-state index >= 15 is 0 Å². The van der Waals surface area contributed by atoms with Gasteiger partial charge in [0.15, 0.2) is 0 Å².